The zero-order chi connectivity index (χ0) is 21.9. The van der Waals surface area contributed by atoms with Crippen molar-refractivity contribution < 1.29 is 14.6 Å². The van der Waals surface area contributed by atoms with Gasteiger partial charge in [-0.3, -0.25) is 9.80 Å². The highest BCUT2D eigenvalue weighted by Gasteiger charge is 2.25. The molecular formula is C23H40IN5O3. The van der Waals surface area contributed by atoms with E-state index in [1.807, 2.05) is 13.8 Å². The molecule has 1 unspecified atom stereocenters. The van der Waals surface area contributed by atoms with Gasteiger partial charge in [0.2, 0.25) is 0 Å². The normalized spacial score (nSPS) is 20.3. The third-order valence-electron chi connectivity index (χ3n) is 5.60. The number of hydrogen-bond donors (Lipinski definition) is 3. The van der Waals surface area contributed by atoms with Crippen molar-refractivity contribution >= 4 is 29.9 Å². The van der Waals surface area contributed by atoms with Crippen LogP contribution in [0.2, 0.25) is 0 Å². The molecule has 0 bridgehead atoms. The van der Waals surface area contributed by atoms with Crippen LogP contribution in [0.4, 0.5) is 0 Å². The highest BCUT2D eigenvalue weighted by Crippen LogP contribution is 2.11. The van der Waals surface area contributed by atoms with Crippen LogP contribution in [0.1, 0.15) is 25.0 Å². The summed E-state index contributed by atoms with van der Waals surface area (Å²) in [5.74, 6) is 0.724. The SMILES string of the molecule is CCNC(=NCc1ccc(CN2CCOCC2)cc1)NCC(C)(O)CN1CCOCC1.I. The lowest BCUT2D eigenvalue weighted by atomic mass is 10.1. The summed E-state index contributed by atoms with van der Waals surface area (Å²) in [6, 6.07) is 8.68. The van der Waals surface area contributed by atoms with Gasteiger partial charge in [0.15, 0.2) is 5.96 Å². The van der Waals surface area contributed by atoms with Crippen molar-refractivity contribution in [2.24, 2.45) is 4.99 Å². The minimum Gasteiger partial charge on any atom is -0.387 e. The van der Waals surface area contributed by atoms with E-state index in [1.54, 1.807) is 0 Å². The number of nitrogens with zero attached hydrogens (tertiary/aromatic N) is 3. The van der Waals surface area contributed by atoms with Crippen molar-refractivity contribution in [2.45, 2.75) is 32.5 Å². The van der Waals surface area contributed by atoms with Gasteiger partial charge in [-0.05, 0) is 25.0 Å². The van der Waals surface area contributed by atoms with E-state index in [1.165, 1.54) is 11.1 Å². The predicted octanol–water partition coefficient (Wildman–Crippen LogP) is 1.28. The Hall–Kier alpha value is -0.980. The molecule has 182 valence electrons. The molecule has 0 radical (unpaired) electrons. The fourth-order valence-corrected chi connectivity index (χ4v) is 3.85. The van der Waals surface area contributed by atoms with E-state index in [-0.39, 0.29) is 24.0 Å². The van der Waals surface area contributed by atoms with Crippen molar-refractivity contribution in [2.75, 3.05) is 72.2 Å². The average molecular weight is 562 g/mol. The van der Waals surface area contributed by atoms with Crippen LogP contribution in [-0.2, 0) is 22.6 Å². The second-order valence-corrected chi connectivity index (χ2v) is 8.64. The molecule has 0 spiro atoms. The van der Waals surface area contributed by atoms with E-state index in [0.717, 1.165) is 71.7 Å². The van der Waals surface area contributed by atoms with Crippen molar-refractivity contribution in [3.8, 4) is 0 Å². The van der Waals surface area contributed by atoms with Gasteiger partial charge >= 0.3 is 0 Å². The third kappa shape index (κ3) is 9.88. The Morgan fingerprint density at radius 3 is 2.12 bits per heavy atom. The predicted molar refractivity (Wildman–Crippen MR) is 139 cm³/mol. The molecule has 1 atom stereocenters. The Balaban J connectivity index is 0.00000363. The topological polar surface area (TPSA) is 81.6 Å². The molecular weight excluding hydrogens is 521 g/mol. The maximum atomic E-state index is 10.8. The first-order chi connectivity index (χ1) is 15.0. The van der Waals surface area contributed by atoms with Crippen LogP contribution >= 0.6 is 24.0 Å². The molecule has 8 nitrogen and oxygen atoms in total. The van der Waals surface area contributed by atoms with Gasteiger partial charge in [0, 0.05) is 52.4 Å². The third-order valence-corrected chi connectivity index (χ3v) is 5.60. The minimum atomic E-state index is -0.839. The van der Waals surface area contributed by atoms with Gasteiger partial charge in [-0.2, -0.15) is 0 Å². The molecule has 0 aromatic heterocycles. The summed E-state index contributed by atoms with van der Waals surface area (Å²) in [6.07, 6.45) is 0. The van der Waals surface area contributed by atoms with Crippen LogP contribution in [-0.4, -0.2) is 98.7 Å². The molecule has 0 aliphatic carbocycles. The van der Waals surface area contributed by atoms with E-state index in [0.29, 0.717) is 19.6 Å². The smallest absolute Gasteiger partial charge is 0.191 e. The minimum absolute atomic E-state index is 0. The van der Waals surface area contributed by atoms with Crippen LogP contribution in [0.25, 0.3) is 0 Å². The van der Waals surface area contributed by atoms with Gasteiger partial charge in [0.25, 0.3) is 0 Å². The standard InChI is InChI=1S/C23H39N5O3.HI/c1-3-24-22(26-18-23(2,29)19-28-10-14-31-15-11-28)25-16-20-4-6-21(7-5-20)17-27-8-12-30-13-9-27;/h4-7,29H,3,8-19H2,1-2H3,(H2,24,25,26);1H. The Bertz CT molecular complexity index is 675. The fraction of sp³-hybridized carbons (Fsp3) is 0.696. The van der Waals surface area contributed by atoms with E-state index in [4.69, 9.17) is 14.5 Å². The summed E-state index contributed by atoms with van der Waals surface area (Å²) in [7, 11) is 0. The number of halogens is 1. The number of morpholine rings is 2. The van der Waals surface area contributed by atoms with Crippen molar-refractivity contribution in [3.05, 3.63) is 35.4 Å². The molecule has 3 N–H and O–H groups in total. The molecule has 3 rings (SSSR count). The summed E-state index contributed by atoms with van der Waals surface area (Å²) < 4.78 is 10.8. The van der Waals surface area contributed by atoms with Crippen LogP contribution in [0.3, 0.4) is 0 Å². The number of hydrogen-bond acceptors (Lipinski definition) is 6. The van der Waals surface area contributed by atoms with E-state index in [2.05, 4.69) is 44.7 Å². The molecule has 9 heteroatoms. The van der Waals surface area contributed by atoms with E-state index in [9.17, 15) is 5.11 Å². The quantitative estimate of drug-likeness (QED) is 0.238. The molecule has 1 aromatic rings. The lowest BCUT2D eigenvalue weighted by Gasteiger charge is -2.34. The second kappa shape index (κ2) is 14.3. The maximum Gasteiger partial charge on any atom is 0.191 e. The molecule has 1 aromatic carbocycles. The summed E-state index contributed by atoms with van der Waals surface area (Å²) in [4.78, 5) is 9.37. The number of aliphatic imine (C=N–C) groups is 1. The van der Waals surface area contributed by atoms with Crippen molar-refractivity contribution in [3.63, 3.8) is 0 Å². The molecule has 2 heterocycles. The second-order valence-electron chi connectivity index (χ2n) is 8.64. The first-order valence-corrected chi connectivity index (χ1v) is 11.5. The van der Waals surface area contributed by atoms with Crippen LogP contribution < -0.4 is 10.6 Å². The first-order valence-electron chi connectivity index (χ1n) is 11.5. The molecule has 0 amide bonds. The molecule has 2 aliphatic heterocycles. The zero-order valence-electron chi connectivity index (χ0n) is 19.5. The summed E-state index contributed by atoms with van der Waals surface area (Å²) in [6.45, 7) is 14.2. The first kappa shape index (κ1) is 27.3. The van der Waals surface area contributed by atoms with Gasteiger partial charge in [-0.25, -0.2) is 4.99 Å². The monoisotopic (exact) mass is 561 g/mol. The lowest BCUT2D eigenvalue weighted by Crippen LogP contribution is -2.52. The van der Waals surface area contributed by atoms with Crippen LogP contribution in [0, 0.1) is 0 Å². The Labute approximate surface area is 209 Å². The van der Waals surface area contributed by atoms with Crippen LogP contribution in [0.15, 0.2) is 29.3 Å². The average Bonchev–Trinajstić information content (AvgIpc) is 2.78. The molecule has 0 saturated carbocycles. The number of guanidine groups is 1. The number of aliphatic hydroxyl groups is 1. The molecule has 2 aliphatic rings. The van der Waals surface area contributed by atoms with Gasteiger partial charge in [0.1, 0.15) is 0 Å². The summed E-state index contributed by atoms with van der Waals surface area (Å²) in [5.41, 5.74) is 1.65. The maximum absolute atomic E-state index is 10.8. The zero-order valence-corrected chi connectivity index (χ0v) is 21.8. The number of ether oxygens (including phenoxy) is 2. The number of rotatable bonds is 9. The Morgan fingerprint density at radius 1 is 0.969 bits per heavy atom. The molecule has 32 heavy (non-hydrogen) atoms. The number of benzene rings is 1. The molecule has 2 saturated heterocycles. The summed E-state index contributed by atoms with van der Waals surface area (Å²) in [5, 5.41) is 17.4. The lowest BCUT2D eigenvalue weighted by molar-refractivity contribution is -0.0201. The van der Waals surface area contributed by atoms with Crippen LogP contribution in [0.5, 0.6) is 0 Å². The van der Waals surface area contributed by atoms with Gasteiger partial charge in [0.05, 0.1) is 38.6 Å². The van der Waals surface area contributed by atoms with E-state index < -0.39 is 5.60 Å². The highest BCUT2D eigenvalue weighted by molar-refractivity contribution is 14.0. The van der Waals surface area contributed by atoms with Gasteiger partial charge in [-0.15, -0.1) is 24.0 Å². The Kier molecular flexibility index (Phi) is 12.2. The number of β-amino-alcohol motifs (C(OH)–C–C–N with tert-alkyl or cyclic N) is 1. The Morgan fingerprint density at radius 2 is 1.53 bits per heavy atom. The molecule has 2 fully saturated rings. The fourth-order valence-electron chi connectivity index (χ4n) is 3.85. The largest absolute Gasteiger partial charge is 0.387 e. The van der Waals surface area contributed by atoms with E-state index >= 15 is 0 Å². The van der Waals surface area contributed by atoms with Crippen molar-refractivity contribution in [1.29, 1.82) is 0 Å². The highest BCUT2D eigenvalue weighted by atomic mass is 127. The van der Waals surface area contributed by atoms with Gasteiger partial charge in [-0.1, -0.05) is 24.3 Å². The van der Waals surface area contributed by atoms with Crippen molar-refractivity contribution in [1.82, 2.24) is 20.4 Å². The van der Waals surface area contributed by atoms with Gasteiger partial charge < -0.3 is 25.2 Å². The summed E-state index contributed by atoms with van der Waals surface area (Å²) >= 11 is 0. The number of nitrogens with one attached hydrogen (secondary N) is 2.